The molecule has 1 aromatic carbocycles. The van der Waals surface area contributed by atoms with Gasteiger partial charge in [-0.05, 0) is 51.1 Å². The van der Waals surface area contributed by atoms with Gasteiger partial charge in [-0.15, -0.1) is 0 Å². The molecule has 0 aliphatic carbocycles. The van der Waals surface area contributed by atoms with Gasteiger partial charge >= 0.3 is 0 Å². The highest BCUT2D eigenvalue weighted by Gasteiger charge is 2.35. The Balaban J connectivity index is 1.62. The molecule has 136 valence electrons. The molecule has 2 aromatic rings. The zero-order chi connectivity index (χ0) is 17.6. The van der Waals surface area contributed by atoms with Crippen molar-refractivity contribution < 1.29 is 8.42 Å². The van der Waals surface area contributed by atoms with Gasteiger partial charge in [0, 0.05) is 42.8 Å². The minimum Gasteiger partial charge on any atom is -0.347 e. The molecule has 0 radical (unpaired) electrons. The summed E-state index contributed by atoms with van der Waals surface area (Å²) in [6.07, 6.45) is 4.40. The first-order chi connectivity index (χ1) is 12.0. The molecule has 1 N–H and O–H groups in total. The molecular formula is C19H27N3O2S. The van der Waals surface area contributed by atoms with Crippen LogP contribution < -0.4 is 5.32 Å². The number of sulfonamides is 1. The van der Waals surface area contributed by atoms with Crippen LogP contribution in [-0.4, -0.2) is 43.0 Å². The van der Waals surface area contributed by atoms with Crippen molar-refractivity contribution in [1.82, 2.24) is 14.2 Å². The molecule has 2 fully saturated rings. The molecule has 5 nitrogen and oxygen atoms in total. The van der Waals surface area contributed by atoms with Crippen molar-refractivity contribution >= 4 is 20.9 Å². The summed E-state index contributed by atoms with van der Waals surface area (Å²) in [4.78, 5) is 0.489. The predicted molar refractivity (Wildman–Crippen MR) is 100 cm³/mol. The molecule has 2 aliphatic rings. The van der Waals surface area contributed by atoms with Gasteiger partial charge < -0.3 is 9.88 Å². The van der Waals surface area contributed by atoms with E-state index in [4.69, 9.17) is 0 Å². The highest BCUT2D eigenvalue weighted by Crippen LogP contribution is 2.34. The van der Waals surface area contributed by atoms with Crippen molar-refractivity contribution in [2.75, 3.05) is 19.6 Å². The van der Waals surface area contributed by atoms with Gasteiger partial charge in [-0.25, -0.2) is 8.42 Å². The molecule has 2 aliphatic heterocycles. The molecule has 0 amide bonds. The first-order valence-corrected chi connectivity index (χ1v) is 10.7. The summed E-state index contributed by atoms with van der Waals surface area (Å²) in [6, 6.07) is 8.37. The smallest absolute Gasteiger partial charge is 0.245 e. The lowest BCUT2D eigenvalue weighted by molar-refractivity contribution is 0.234. The third-order valence-corrected chi connectivity index (χ3v) is 8.18. The van der Waals surface area contributed by atoms with Crippen LogP contribution in [0.3, 0.4) is 0 Å². The van der Waals surface area contributed by atoms with Gasteiger partial charge in [-0.3, -0.25) is 0 Å². The second-order valence-electron chi connectivity index (χ2n) is 7.44. The van der Waals surface area contributed by atoms with Crippen molar-refractivity contribution in [3.05, 3.63) is 30.0 Å². The molecular weight excluding hydrogens is 334 g/mol. The fourth-order valence-electron chi connectivity index (χ4n) is 4.57. The molecule has 25 heavy (non-hydrogen) atoms. The molecule has 0 saturated carbocycles. The summed E-state index contributed by atoms with van der Waals surface area (Å²) in [5, 5.41) is 4.41. The second-order valence-corrected chi connectivity index (χ2v) is 9.31. The van der Waals surface area contributed by atoms with Crippen LogP contribution in [-0.2, 0) is 17.1 Å². The first kappa shape index (κ1) is 17.1. The Morgan fingerprint density at radius 1 is 1.12 bits per heavy atom. The zero-order valence-corrected chi connectivity index (χ0v) is 15.8. The summed E-state index contributed by atoms with van der Waals surface area (Å²) < 4.78 is 30.4. The number of nitrogens with zero attached hydrogens (tertiary/aromatic N) is 2. The number of aryl methyl sites for hydroxylation is 1. The van der Waals surface area contributed by atoms with Crippen molar-refractivity contribution in [1.29, 1.82) is 0 Å². The molecule has 0 bridgehead atoms. The van der Waals surface area contributed by atoms with E-state index >= 15 is 0 Å². The van der Waals surface area contributed by atoms with Crippen LogP contribution in [0.25, 0.3) is 10.9 Å². The Morgan fingerprint density at radius 2 is 1.84 bits per heavy atom. The fraction of sp³-hybridized carbons (Fsp3) is 0.579. The number of hydrogen-bond donors (Lipinski definition) is 1. The number of hydrogen-bond acceptors (Lipinski definition) is 3. The maximum atomic E-state index is 13.4. The van der Waals surface area contributed by atoms with Crippen LogP contribution >= 0.6 is 0 Å². The number of aromatic nitrogens is 1. The van der Waals surface area contributed by atoms with E-state index in [1.54, 1.807) is 4.31 Å². The van der Waals surface area contributed by atoms with E-state index in [1.807, 2.05) is 42.8 Å². The predicted octanol–water partition coefficient (Wildman–Crippen LogP) is 2.64. The van der Waals surface area contributed by atoms with Gasteiger partial charge in [0.15, 0.2) is 0 Å². The van der Waals surface area contributed by atoms with Crippen molar-refractivity contribution in [2.45, 2.75) is 43.5 Å². The molecule has 1 unspecified atom stereocenters. The van der Waals surface area contributed by atoms with Crippen LogP contribution in [0.15, 0.2) is 29.2 Å². The summed E-state index contributed by atoms with van der Waals surface area (Å²) in [6.45, 7) is 4.28. The van der Waals surface area contributed by atoms with Crippen LogP contribution in [0.2, 0.25) is 0 Å². The first-order valence-electron chi connectivity index (χ1n) is 9.27. The van der Waals surface area contributed by atoms with E-state index in [0.717, 1.165) is 36.0 Å². The number of para-hydroxylation sites is 1. The average Bonchev–Trinajstić information content (AvgIpc) is 3.24. The Bertz CT molecular complexity index is 873. The monoisotopic (exact) mass is 361 g/mol. The van der Waals surface area contributed by atoms with Gasteiger partial charge in [-0.2, -0.15) is 4.31 Å². The van der Waals surface area contributed by atoms with Crippen molar-refractivity contribution in [3.63, 3.8) is 0 Å². The van der Waals surface area contributed by atoms with Crippen LogP contribution in [0.1, 0.15) is 31.4 Å². The molecule has 4 rings (SSSR count). The van der Waals surface area contributed by atoms with Crippen LogP contribution in [0.5, 0.6) is 0 Å². The molecule has 2 saturated heterocycles. The molecule has 0 spiro atoms. The SMILES string of the molecule is Cc1c(S(=O)(=O)N2CCC(C3CCCN3)CC2)c2ccccc2n1C. The van der Waals surface area contributed by atoms with Crippen LogP contribution in [0.4, 0.5) is 0 Å². The highest BCUT2D eigenvalue weighted by atomic mass is 32.2. The van der Waals surface area contributed by atoms with Gasteiger partial charge in [0.1, 0.15) is 4.90 Å². The van der Waals surface area contributed by atoms with Gasteiger partial charge in [-0.1, -0.05) is 18.2 Å². The van der Waals surface area contributed by atoms with Gasteiger partial charge in [0.05, 0.1) is 0 Å². The minimum atomic E-state index is -3.45. The fourth-order valence-corrected chi connectivity index (χ4v) is 6.48. The normalized spacial score (nSPS) is 23.5. The Labute approximate surface area is 150 Å². The standard InChI is InChI=1S/C19H27N3O2S/c1-14-19(16-6-3-4-8-18(16)21(14)2)25(23,24)22-12-9-15(10-13-22)17-7-5-11-20-17/h3-4,6,8,15,17,20H,5,7,9-13H2,1-2H3. The second kappa shape index (κ2) is 6.41. The maximum absolute atomic E-state index is 13.4. The zero-order valence-electron chi connectivity index (χ0n) is 15.0. The topological polar surface area (TPSA) is 54.3 Å². The summed E-state index contributed by atoms with van der Waals surface area (Å²) in [5.74, 6) is 0.613. The Kier molecular flexibility index (Phi) is 4.38. The lowest BCUT2D eigenvalue weighted by Gasteiger charge is -2.34. The summed E-state index contributed by atoms with van der Waals surface area (Å²) >= 11 is 0. The third-order valence-electron chi connectivity index (χ3n) is 6.11. The van der Waals surface area contributed by atoms with E-state index in [0.29, 0.717) is 29.9 Å². The number of nitrogens with one attached hydrogen (secondary N) is 1. The summed E-state index contributed by atoms with van der Waals surface area (Å²) in [5.41, 5.74) is 1.80. The Hall–Kier alpha value is -1.37. The highest BCUT2D eigenvalue weighted by molar-refractivity contribution is 7.89. The number of fused-ring (bicyclic) bond motifs is 1. The number of benzene rings is 1. The van der Waals surface area contributed by atoms with Crippen molar-refractivity contribution in [2.24, 2.45) is 13.0 Å². The van der Waals surface area contributed by atoms with E-state index in [2.05, 4.69) is 5.32 Å². The van der Waals surface area contributed by atoms with E-state index in [9.17, 15) is 8.42 Å². The third kappa shape index (κ3) is 2.80. The van der Waals surface area contributed by atoms with Gasteiger partial charge in [0.2, 0.25) is 10.0 Å². The number of piperidine rings is 1. The average molecular weight is 362 g/mol. The van der Waals surface area contributed by atoms with E-state index < -0.39 is 10.0 Å². The van der Waals surface area contributed by atoms with E-state index in [1.165, 1.54) is 12.8 Å². The molecule has 1 atom stereocenters. The lowest BCUT2D eigenvalue weighted by atomic mass is 9.89. The quantitative estimate of drug-likeness (QED) is 0.914. The minimum absolute atomic E-state index is 0.489. The lowest BCUT2D eigenvalue weighted by Crippen LogP contribution is -2.43. The molecule has 6 heteroatoms. The van der Waals surface area contributed by atoms with Gasteiger partial charge in [0.25, 0.3) is 0 Å². The van der Waals surface area contributed by atoms with Crippen LogP contribution in [0, 0.1) is 12.8 Å². The maximum Gasteiger partial charge on any atom is 0.245 e. The summed E-state index contributed by atoms with van der Waals surface area (Å²) in [7, 11) is -1.51. The van der Waals surface area contributed by atoms with Crippen molar-refractivity contribution in [3.8, 4) is 0 Å². The molecule has 1 aromatic heterocycles. The number of rotatable bonds is 3. The van der Waals surface area contributed by atoms with E-state index in [-0.39, 0.29) is 0 Å². The largest absolute Gasteiger partial charge is 0.347 e. The Morgan fingerprint density at radius 3 is 2.52 bits per heavy atom. The molecule has 3 heterocycles.